The summed E-state index contributed by atoms with van der Waals surface area (Å²) in [5, 5.41) is 9.17. The normalized spacial score (nSPS) is 23.5. The molecule has 0 saturated carbocycles. The zero-order chi connectivity index (χ0) is 15.0. The SMILES string of the molecule is CC(C)(C)OC(=O)N1CC(=C(F)F)C[C@@]1(C)C(=O)O. The third-order valence-corrected chi connectivity index (χ3v) is 2.84. The lowest BCUT2D eigenvalue weighted by Crippen LogP contribution is -2.52. The van der Waals surface area contributed by atoms with Gasteiger partial charge in [-0.3, -0.25) is 4.90 Å². The molecule has 19 heavy (non-hydrogen) atoms. The number of hydrogen-bond acceptors (Lipinski definition) is 3. The number of ether oxygens (including phenoxy) is 1. The summed E-state index contributed by atoms with van der Waals surface area (Å²) in [5.41, 5.74) is -2.88. The molecule has 1 saturated heterocycles. The van der Waals surface area contributed by atoms with Gasteiger partial charge in [0.25, 0.3) is 6.08 Å². The number of rotatable bonds is 1. The lowest BCUT2D eigenvalue weighted by molar-refractivity contribution is -0.148. The average Bonchev–Trinajstić information content (AvgIpc) is 2.55. The highest BCUT2D eigenvalue weighted by molar-refractivity contribution is 5.86. The monoisotopic (exact) mass is 277 g/mol. The second-order valence-electron chi connectivity index (χ2n) is 5.69. The van der Waals surface area contributed by atoms with E-state index in [1.165, 1.54) is 6.92 Å². The van der Waals surface area contributed by atoms with E-state index < -0.39 is 42.2 Å². The van der Waals surface area contributed by atoms with Gasteiger partial charge in [0.2, 0.25) is 0 Å². The lowest BCUT2D eigenvalue weighted by atomic mass is 9.98. The van der Waals surface area contributed by atoms with Crippen molar-refractivity contribution in [2.75, 3.05) is 6.54 Å². The summed E-state index contributed by atoms with van der Waals surface area (Å²) in [6.45, 7) is 5.65. The highest BCUT2D eigenvalue weighted by Crippen LogP contribution is 2.36. The van der Waals surface area contributed by atoms with Crippen molar-refractivity contribution in [1.29, 1.82) is 0 Å². The van der Waals surface area contributed by atoms with Crippen LogP contribution in [-0.4, -0.2) is 39.8 Å². The Balaban J connectivity index is 3.07. The van der Waals surface area contributed by atoms with Crippen molar-refractivity contribution in [3.8, 4) is 0 Å². The van der Waals surface area contributed by atoms with E-state index in [1.807, 2.05) is 0 Å². The van der Waals surface area contributed by atoms with Crippen molar-refractivity contribution in [1.82, 2.24) is 4.90 Å². The second kappa shape index (κ2) is 4.79. The van der Waals surface area contributed by atoms with Crippen LogP contribution in [0.25, 0.3) is 0 Å². The second-order valence-corrected chi connectivity index (χ2v) is 5.69. The molecule has 0 radical (unpaired) electrons. The average molecular weight is 277 g/mol. The van der Waals surface area contributed by atoms with Crippen LogP contribution in [0.5, 0.6) is 0 Å². The van der Waals surface area contributed by atoms with Crippen LogP contribution < -0.4 is 0 Å². The first-order chi connectivity index (χ1) is 8.47. The zero-order valence-corrected chi connectivity index (χ0v) is 11.3. The van der Waals surface area contributed by atoms with Crippen molar-refractivity contribution in [3.05, 3.63) is 11.7 Å². The molecule has 0 unspecified atom stereocenters. The van der Waals surface area contributed by atoms with Crippen LogP contribution >= 0.6 is 0 Å². The number of nitrogens with zero attached hydrogens (tertiary/aromatic N) is 1. The van der Waals surface area contributed by atoms with Gasteiger partial charge in [0, 0.05) is 12.0 Å². The summed E-state index contributed by atoms with van der Waals surface area (Å²) in [7, 11) is 0. The first kappa shape index (κ1) is 15.4. The van der Waals surface area contributed by atoms with Gasteiger partial charge in [-0.1, -0.05) is 0 Å². The molecule has 0 aliphatic carbocycles. The number of carbonyl (C=O) groups is 2. The van der Waals surface area contributed by atoms with Crippen LogP contribution in [0.2, 0.25) is 0 Å². The standard InChI is InChI=1S/C12H17F2NO4/c1-11(2,3)19-10(18)15-6-7(8(13)14)5-12(15,4)9(16)17/h5-6H2,1-4H3,(H,16,17)/t12-/m0/s1. The first-order valence-electron chi connectivity index (χ1n) is 5.74. The Kier molecular flexibility index (Phi) is 3.88. The molecule has 1 aliphatic heterocycles. The fourth-order valence-corrected chi connectivity index (χ4v) is 1.83. The molecule has 1 heterocycles. The van der Waals surface area contributed by atoms with Gasteiger partial charge in [-0.15, -0.1) is 0 Å². The number of amides is 1. The van der Waals surface area contributed by atoms with E-state index in [4.69, 9.17) is 4.74 Å². The molecular formula is C12H17F2NO4. The molecule has 1 amide bonds. The van der Waals surface area contributed by atoms with Gasteiger partial charge in [-0.2, -0.15) is 8.78 Å². The molecule has 0 aromatic rings. The van der Waals surface area contributed by atoms with Gasteiger partial charge in [0.1, 0.15) is 11.1 Å². The van der Waals surface area contributed by atoms with Crippen LogP contribution in [0, 0.1) is 0 Å². The third kappa shape index (κ3) is 3.21. The molecule has 1 atom stereocenters. The first-order valence-corrected chi connectivity index (χ1v) is 5.74. The Morgan fingerprint density at radius 1 is 1.37 bits per heavy atom. The number of likely N-dealkylation sites (tertiary alicyclic amines) is 1. The molecule has 1 N–H and O–H groups in total. The maximum Gasteiger partial charge on any atom is 0.411 e. The number of carbonyl (C=O) groups excluding carboxylic acids is 1. The molecule has 0 aromatic heterocycles. The van der Waals surface area contributed by atoms with Crippen LogP contribution in [0.3, 0.4) is 0 Å². The van der Waals surface area contributed by atoms with Crippen molar-refractivity contribution in [2.24, 2.45) is 0 Å². The van der Waals surface area contributed by atoms with Gasteiger partial charge >= 0.3 is 12.1 Å². The predicted molar refractivity (Wildman–Crippen MR) is 62.8 cm³/mol. The van der Waals surface area contributed by atoms with Gasteiger partial charge in [0.15, 0.2) is 0 Å². The quantitative estimate of drug-likeness (QED) is 0.800. The van der Waals surface area contributed by atoms with Crippen molar-refractivity contribution >= 4 is 12.1 Å². The van der Waals surface area contributed by atoms with E-state index in [0.29, 0.717) is 0 Å². The van der Waals surface area contributed by atoms with Crippen LogP contribution in [0.1, 0.15) is 34.1 Å². The van der Waals surface area contributed by atoms with Gasteiger partial charge in [0.05, 0.1) is 6.54 Å². The van der Waals surface area contributed by atoms with E-state index in [-0.39, 0.29) is 5.57 Å². The van der Waals surface area contributed by atoms with Crippen molar-refractivity contribution in [2.45, 2.75) is 45.3 Å². The maximum absolute atomic E-state index is 12.6. The lowest BCUT2D eigenvalue weighted by Gasteiger charge is -2.32. The molecule has 0 aromatic carbocycles. The number of aliphatic carboxylic acids is 1. The highest BCUT2D eigenvalue weighted by Gasteiger charge is 2.50. The minimum absolute atomic E-state index is 0.351. The highest BCUT2D eigenvalue weighted by atomic mass is 19.3. The number of hydrogen-bond donors (Lipinski definition) is 1. The number of halogens is 2. The smallest absolute Gasteiger partial charge is 0.411 e. The van der Waals surface area contributed by atoms with E-state index in [1.54, 1.807) is 20.8 Å². The molecule has 108 valence electrons. The van der Waals surface area contributed by atoms with Crippen LogP contribution in [-0.2, 0) is 9.53 Å². The van der Waals surface area contributed by atoms with Gasteiger partial charge in [-0.05, 0) is 27.7 Å². The molecule has 1 fully saturated rings. The van der Waals surface area contributed by atoms with Gasteiger partial charge < -0.3 is 9.84 Å². The molecule has 0 spiro atoms. The molecule has 7 heteroatoms. The maximum atomic E-state index is 12.6. The van der Waals surface area contributed by atoms with E-state index in [2.05, 4.69) is 0 Å². The Labute approximate surface area is 109 Å². The number of carboxylic acids is 1. The summed E-state index contributed by atoms with van der Waals surface area (Å²) in [5.74, 6) is -1.34. The minimum Gasteiger partial charge on any atom is -0.479 e. The van der Waals surface area contributed by atoms with Crippen LogP contribution in [0.15, 0.2) is 11.7 Å². The summed E-state index contributed by atoms with van der Waals surface area (Å²) in [4.78, 5) is 24.0. The molecule has 0 bridgehead atoms. The Morgan fingerprint density at radius 2 is 1.89 bits per heavy atom. The van der Waals surface area contributed by atoms with Gasteiger partial charge in [-0.25, -0.2) is 9.59 Å². The Bertz CT molecular complexity index is 438. The summed E-state index contributed by atoms with van der Waals surface area (Å²) < 4.78 is 30.3. The molecular weight excluding hydrogens is 260 g/mol. The number of carboxylic acid groups (broad SMARTS) is 1. The largest absolute Gasteiger partial charge is 0.479 e. The summed E-state index contributed by atoms with van der Waals surface area (Å²) in [6.07, 6.45) is -3.25. The topological polar surface area (TPSA) is 66.8 Å². The third-order valence-electron chi connectivity index (χ3n) is 2.84. The van der Waals surface area contributed by atoms with Crippen LogP contribution in [0.4, 0.5) is 13.6 Å². The fraction of sp³-hybridized carbons (Fsp3) is 0.667. The minimum atomic E-state index is -1.95. The summed E-state index contributed by atoms with van der Waals surface area (Å²) in [6, 6.07) is 0. The summed E-state index contributed by atoms with van der Waals surface area (Å²) >= 11 is 0. The Morgan fingerprint density at radius 3 is 2.26 bits per heavy atom. The predicted octanol–water partition coefficient (Wildman–Crippen LogP) is 2.62. The molecule has 1 rings (SSSR count). The van der Waals surface area contributed by atoms with E-state index in [0.717, 1.165) is 4.90 Å². The molecule has 5 nitrogen and oxygen atoms in total. The fourth-order valence-electron chi connectivity index (χ4n) is 1.83. The zero-order valence-electron chi connectivity index (χ0n) is 11.3. The molecule has 1 aliphatic rings. The van der Waals surface area contributed by atoms with E-state index >= 15 is 0 Å². The van der Waals surface area contributed by atoms with Crippen molar-refractivity contribution < 1.29 is 28.2 Å². The Hall–Kier alpha value is -1.66. The van der Waals surface area contributed by atoms with E-state index in [9.17, 15) is 23.5 Å². The van der Waals surface area contributed by atoms with Crippen molar-refractivity contribution in [3.63, 3.8) is 0 Å².